The van der Waals surface area contributed by atoms with Crippen molar-refractivity contribution in [2.75, 3.05) is 0 Å². The lowest BCUT2D eigenvalue weighted by molar-refractivity contribution is -0.133. The quantitative estimate of drug-likeness (QED) is 0.0604. The molecule has 8 N–H and O–H groups in total. The SMILES string of the molecule is CC(C)(C)NC(=O)OC1/C=C/C(O)CC(O)C(OC(C)(C)C)C1.CC(C)(C)OC(=O)OC1/C=C/C(O)CC(O)C(OC(C)(C)C)C1.CC(C)(C)OC(=O)OC1/C=C/C(OC(=O)OC(C)(C)C)CC(OC(C)(C)C)C(O)C1.CC(C)(C)OC1CC(OC(=O)SC(C)(C)C)/C=C/C(O)CC1O. The summed E-state index contributed by atoms with van der Waals surface area (Å²) in [6.45, 7) is 49.7. The van der Waals surface area contributed by atoms with Gasteiger partial charge in [0.15, 0.2) is 0 Å². The lowest BCUT2D eigenvalue weighted by Crippen LogP contribution is -2.44. The molecule has 16 unspecified atom stereocenters. The zero-order valence-corrected chi connectivity index (χ0v) is 65.3. The fourth-order valence-electron chi connectivity index (χ4n) is 9.59. The van der Waals surface area contributed by atoms with E-state index in [0.717, 1.165) is 11.8 Å². The first kappa shape index (κ1) is 92.4. The highest BCUT2D eigenvalue weighted by molar-refractivity contribution is 8.14. The van der Waals surface area contributed by atoms with Gasteiger partial charge in [0.2, 0.25) is 0 Å². The smallest absolute Gasteiger partial charge is 0.450 e. The van der Waals surface area contributed by atoms with Crippen LogP contribution in [0.4, 0.5) is 24.0 Å². The van der Waals surface area contributed by atoms with Gasteiger partial charge in [0, 0.05) is 61.7 Å². The molecule has 0 aromatic carbocycles. The number of ether oxygens (including phenoxy) is 12. The van der Waals surface area contributed by atoms with E-state index < -0.39 is 167 Å². The standard InChI is InChI=1S/C22H38O8.C17H31NO5.C17H30O6.C17H30O5S/c1-20(2,3)28-17-13-15(27-19(25)30-22(7,8)9)11-10-14(12-16(17)23)26-18(24)29-21(4,5)6;1-16(2,3)18-15(21)22-12-8-7-11(19)9-13(20)14(10-12)23-17(4,5)6;2*1-16(2,3)22-14-10-12(8-7-11(18)9-13(14)19)21-15(20)23-17(4,5)6/h10-11,14-17,23H,12-13H2,1-9H3;7-8,11-14,19-20H,9-10H2,1-6H3,(H,18,21);2*7-8,11-14,18-19H,9-10H2,1-6H3/b11-10+;3*8-7+. The van der Waals surface area contributed by atoms with Gasteiger partial charge in [-0.2, -0.15) is 0 Å². The van der Waals surface area contributed by atoms with Gasteiger partial charge < -0.3 is 97.9 Å². The maximum Gasteiger partial charge on any atom is 0.509 e. The van der Waals surface area contributed by atoms with Crippen molar-refractivity contribution in [3.05, 3.63) is 48.6 Å². The average Bonchev–Trinajstić information content (AvgIpc) is 0.867. The lowest BCUT2D eigenvalue weighted by Gasteiger charge is -2.35. The zero-order chi connectivity index (χ0) is 76.8. The van der Waals surface area contributed by atoms with Crippen LogP contribution in [0, 0.1) is 0 Å². The monoisotopic (exact) mass is 1440 g/mol. The molecule has 0 radical (unpaired) electrons. The molecule has 99 heavy (non-hydrogen) atoms. The summed E-state index contributed by atoms with van der Waals surface area (Å²) in [4.78, 5) is 60.0. The fraction of sp³-hybridized carbons (Fsp3) is 0.822. The van der Waals surface area contributed by atoms with Crippen molar-refractivity contribution in [3.8, 4) is 0 Å². The van der Waals surface area contributed by atoms with E-state index in [1.165, 1.54) is 6.08 Å². The topological polar surface area (TPSA) is 350 Å². The Morgan fingerprint density at radius 2 is 0.545 bits per heavy atom. The third-order valence-electron chi connectivity index (χ3n) is 13.0. The minimum Gasteiger partial charge on any atom is -0.450 e. The van der Waals surface area contributed by atoms with E-state index in [9.17, 15) is 59.7 Å². The van der Waals surface area contributed by atoms with Gasteiger partial charge in [-0.15, -0.1) is 0 Å². The van der Waals surface area contributed by atoms with Gasteiger partial charge in [-0.1, -0.05) is 39.0 Å². The van der Waals surface area contributed by atoms with Crippen molar-refractivity contribution in [2.45, 2.75) is 385 Å². The molecular formula is C73H129NO24S. The second-order valence-corrected chi connectivity index (χ2v) is 36.0. The van der Waals surface area contributed by atoms with Crippen LogP contribution in [0.15, 0.2) is 48.6 Å². The molecule has 4 rings (SSSR count). The van der Waals surface area contributed by atoms with Crippen LogP contribution in [-0.2, 0) is 56.8 Å². The molecule has 0 saturated carbocycles. The average molecular weight is 1440 g/mol. The molecule has 0 aromatic heterocycles. The first-order valence-corrected chi connectivity index (χ1v) is 35.1. The first-order chi connectivity index (χ1) is 44.5. The van der Waals surface area contributed by atoms with Gasteiger partial charge in [0.1, 0.15) is 47.3 Å². The molecule has 4 aliphatic carbocycles. The van der Waals surface area contributed by atoms with E-state index in [1.54, 1.807) is 105 Å². The van der Waals surface area contributed by atoms with Gasteiger partial charge >= 0.3 is 29.9 Å². The predicted octanol–water partition coefficient (Wildman–Crippen LogP) is 12.5. The van der Waals surface area contributed by atoms with Crippen molar-refractivity contribution < 1.29 is 117 Å². The number of nitrogens with one attached hydrogen (secondary N) is 1. The normalized spacial score (nSPS) is 29.7. The van der Waals surface area contributed by atoms with Crippen molar-refractivity contribution >= 4 is 41.6 Å². The number of amides is 1. The predicted molar refractivity (Wildman–Crippen MR) is 378 cm³/mol. The summed E-state index contributed by atoms with van der Waals surface area (Å²) in [5, 5.41) is 73.5. The molecule has 576 valence electrons. The van der Waals surface area contributed by atoms with Crippen LogP contribution in [0.2, 0.25) is 0 Å². The van der Waals surface area contributed by atoms with E-state index in [2.05, 4.69) is 5.32 Å². The van der Waals surface area contributed by atoms with E-state index in [0.29, 0.717) is 19.3 Å². The Hall–Kier alpha value is -4.58. The summed E-state index contributed by atoms with van der Waals surface area (Å²) in [5.74, 6) is 0. The Morgan fingerprint density at radius 3 is 0.788 bits per heavy atom. The molecule has 0 fully saturated rings. The van der Waals surface area contributed by atoms with Gasteiger partial charge in [-0.3, -0.25) is 0 Å². The van der Waals surface area contributed by atoms with Crippen LogP contribution in [0.25, 0.3) is 0 Å². The number of hydrogen-bond donors (Lipinski definition) is 8. The highest BCUT2D eigenvalue weighted by Crippen LogP contribution is 2.32. The number of aliphatic hydroxyl groups excluding tert-OH is 7. The van der Waals surface area contributed by atoms with Crippen molar-refractivity contribution in [3.63, 3.8) is 0 Å². The van der Waals surface area contributed by atoms with Gasteiger partial charge in [-0.05, 0) is 208 Å². The van der Waals surface area contributed by atoms with E-state index in [-0.39, 0.29) is 42.2 Å². The van der Waals surface area contributed by atoms with Crippen LogP contribution in [0.1, 0.15) is 238 Å². The molecule has 4 aliphatic rings. The molecule has 0 aliphatic heterocycles. The summed E-state index contributed by atoms with van der Waals surface area (Å²) in [7, 11) is 0. The van der Waals surface area contributed by atoms with Gasteiger partial charge in [0.25, 0.3) is 0 Å². The van der Waals surface area contributed by atoms with Crippen molar-refractivity contribution in [2.24, 2.45) is 0 Å². The summed E-state index contributed by atoms with van der Waals surface area (Å²) in [5.41, 5.74) is -4.34. The molecular weight excluding hydrogens is 1310 g/mol. The third kappa shape index (κ3) is 47.3. The number of thioether (sulfide) groups is 1. The molecule has 0 saturated heterocycles. The maximum atomic E-state index is 12.1. The number of rotatable bonds is 9. The number of alkyl carbamates (subject to hydrolysis) is 1. The first-order valence-electron chi connectivity index (χ1n) is 34.3. The minimum atomic E-state index is -0.952. The minimum absolute atomic E-state index is 0.121. The Labute approximate surface area is 595 Å². The summed E-state index contributed by atoms with van der Waals surface area (Å²) in [6, 6.07) is 0. The molecule has 1 amide bonds. The van der Waals surface area contributed by atoms with Crippen molar-refractivity contribution in [1.29, 1.82) is 0 Å². The Balaban J connectivity index is 0.000000665. The van der Waals surface area contributed by atoms with E-state index in [1.807, 2.05) is 125 Å². The van der Waals surface area contributed by atoms with E-state index >= 15 is 0 Å². The van der Waals surface area contributed by atoms with E-state index in [4.69, 9.17) is 56.8 Å². The summed E-state index contributed by atoms with van der Waals surface area (Å²) >= 11 is 1.12. The van der Waals surface area contributed by atoms with Gasteiger partial charge in [-0.25, -0.2) is 24.0 Å². The number of aliphatic hydroxyl groups is 7. The fourth-order valence-corrected chi connectivity index (χ4v) is 10.3. The Morgan fingerprint density at radius 1 is 0.313 bits per heavy atom. The summed E-state index contributed by atoms with van der Waals surface area (Å²) < 4.78 is 65.9. The third-order valence-corrected chi connectivity index (χ3v) is 13.9. The van der Waals surface area contributed by atoms with Crippen LogP contribution in [0.3, 0.4) is 0 Å². The van der Waals surface area contributed by atoms with Crippen LogP contribution >= 0.6 is 11.8 Å². The Bertz CT molecular complexity index is 2370. The number of carbonyl (C=O) groups is 5. The molecule has 0 aromatic rings. The van der Waals surface area contributed by atoms with Crippen LogP contribution in [-0.4, -0.2) is 213 Å². The molecule has 25 nitrogen and oxygen atoms in total. The van der Waals surface area contributed by atoms with Crippen molar-refractivity contribution in [1.82, 2.24) is 5.32 Å². The second kappa shape index (κ2) is 39.3. The zero-order valence-electron chi connectivity index (χ0n) is 64.5. The molecule has 0 heterocycles. The number of carbonyl (C=O) groups excluding carboxylic acids is 5. The lowest BCUT2D eigenvalue weighted by atomic mass is 9.96. The number of hydrogen-bond acceptors (Lipinski definition) is 25. The second-order valence-electron chi connectivity index (χ2n) is 34.3. The van der Waals surface area contributed by atoms with Crippen LogP contribution in [0.5, 0.6) is 0 Å². The maximum absolute atomic E-state index is 12.1. The van der Waals surface area contributed by atoms with Crippen LogP contribution < -0.4 is 5.32 Å². The van der Waals surface area contributed by atoms with Gasteiger partial charge in [0.05, 0.1) is 89.5 Å². The highest BCUT2D eigenvalue weighted by atomic mass is 32.2. The highest BCUT2D eigenvalue weighted by Gasteiger charge is 2.38. The molecule has 26 heteroatoms. The molecule has 0 spiro atoms. The molecule has 16 atom stereocenters. The summed E-state index contributed by atoms with van der Waals surface area (Å²) in [6.07, 6.45) is 0.354. The largest absolute Gasteiger partial charge is 0.509 e. The molecule has 0 bridgehead atoms. The Kier molecular flexibility index (Phi) is 36.7.